The Bertz CT molecular complexity index is 2870. The zero-order valence-corrected chi connectivity index (χ0v) is 53.3. The number of carbonyl (C=O) groups excluding carboxylic acids is 3. The summed E-state index contributed by atoms with van der Waals surface area (Å²) in [4.78, 5) is 53.9. The lowest BCUT2D eigenvalue weighted by atomic mass is 9.33. The molecule has 27 heteroatoms. The molecule has 4 saturated carbocycles. The molecule has 5 aliphatic carbocycles. The Morgan fingerprint density at radius 3 is 1.88 bits per heavy atom. The molecule has 29 atom stereocenters. The van der Waals surface area contributed by atoms with Gasteiger partial charge in [-0.15, -0.1) is 0 Å². The largest absolute Gasteiger partial charge is 0.479 e. The molecule has 0 radical (unpaired) electrons. The second-order valence-corrected chi connectivity index (χ2v) is 29.0. The molecule has 516 valence electrons. The number of benzene rings is 1. The van der Waals surface area contributed by atoms with Crippen LogP contribution in [0.1, 0.15) is 113 Å². The maximum Gasteiger partial charge on any atom is 0.335 e. The number of aliphatic carboxylic acids is 1. The van der Waals surface area contributed by atoms with Gasteiger partial charge in [-0.2, -0.15) is 0 Å². The SMILES string of the molecule is CC(=O)O[C@@H]1C[C@]2(C)C(=CC[C@@H]3[C@@]4(C)CC[C@H](O[C@H]5O[C@H](C(=O)O)[C@@H](O)[C@H](O[C@@H]6OC[C@H](O)[C@H](O)[C@H]6O[C@@H]6OC[C@@H](O)[C@H](O)[C@H]6O)[C@H]5O[C@@H]5O[C@H](CO)[C@H](O)[C@H](O)[C@H]5O)C(C)(C)[C@@H]4CC[C@]32C)[C@@H]2CC(C)(C)[C@@H](OC(=O)/C=C/c3ccccc3)[C@H](OC(C)=O)[C@]12CO. The minimum atomic E-state index is -2.23. The lowest BCUT2D eigenvalue weighted by Crippen LogP contribution is -2.73. The number of hydrogen-bond donors (Lipinski definition) is 12. The Morgan fingerprint density at radius 1 is 0.609 bits per heavy atom. The zero-order chi connectivity index (χ0) is 67.1. The molecule has 0 amide bonds. The van der Waals surface area contributed by atoms with E-state index in [1.54, 1.807) is 6.08 Å². The van der Waals surface area contributed by atoms with Crippen LogP contribution in [0, 0.1) is 50.2 Å². The van der Waals surface area contributed by atoms with Crippen molar-refractivity contribution in [2.75, 3.05) is 26.4 Å². The highest BCUT2D eigenvalue weighted by atomic mass is 16.8. The van der Waals surface area contributed by atoms with Crippen LogP contribution in [0.25, 0.3) is 6.08 Å². The van der Waals surface area contributed by atoms with Crippen molar-refractivity contribution in [2.24, 2.45) is 50.2 Å². The third-order valence-electron chi connectivity index (χ3n) is 23.0. The van der Waals surface area contributed by atoms with Crippen LogP contribution in [0.2, 0.25) is 0 Å². The van der Waals surface area contributed by atoms with E-state index in [1.165, 1.54) is 19.9 Å². The molecule has 0 unspecified atom stereocenters. The van der Waals surface area contributed by atoms with E-state index in [1.807, 2.05) is 58.0 Å². The van der Waals surface area contributed by atoms with Gasteiger partial charge in [0.05, 0.1) is 37.9 Å². The summed E-state index contributed by atoms with van der Waals surface area (Å²) in [6.45, 7) is 14.6. The number of hydrogen-bond acceptors (Lipinski definition) is 26. The number of allylic oxidation sites excluding steroid dienone is 2. The average Bonchev–Trinajstić information content (AvgIpc) is 0.668. The summed E-state index contributed by atoms with van der Waals surface area (Å²) in [5.41, 5.74) is -3.11. The summed E-state index contributed by atoms with van der Waals surface area (Å²) >= 11 is 0. The van der Waals surface area contributed by atoms with Crippen molar-refractivity contribution in [3.8, 4) is 0 Å². The lowest BCUT2D eigenvalue weighted by Gasteiger charge is -2.72. The summed E-state index contributed by atoms with van der Waals surface area (Å²) < 4.78 is 67.8. The van der Waals surface area contributed by atoms with Crippen LogP contribution in [-0.4, -0.2) is 247 Å². The monoisotopic (exact) mass is 1310 g/mol. The van der Waals surface area contributed by atoms with E-state index >= 15 is 0 Å². The smallest absolute Gasteiger partial charge is 0.335 e. The van der Waals surface area contributed by atoms with Gasteiger partial charge in [-0.3, -0.25) is 9.59 Å². The highest BCUT2D eigenvalue weighted by Gasteiger charge is 2.75. The second kappa shape index (κ2) is 26.7. The molecular weight excluding hydrogens is 1210 g/mol. The maximum absolute atomic E-state index is 13.8. The molecule has 0 spiro atoms. The number of aliphatic hydroxyl groups is 11. The van der Waals surface area contributed by atoms with Crippen LogP contribution in [0.5, 0.6) is 0 Å². The molecular formula is C65H94O27. The molecule has 27 nitrogen and oxygen atoms in total. The number of esters is 3. The highest BCUT2D eigenvalue weighted by Crippen LogP contribution is 2.76. The first-order chi connectivity index (χ1) is 43.2. The molecule has 1 aromatic carbocycles. The van der Waals surface area contributed by atoms with Crippen LogP contribution in [-0.2, 0) is 71.3 Å². The van der Waals surface area contributed by atoms with Gasteiger partial charge in [0.15, 0.2) is 37.4 Å². The molecule has 4 aliphatic heterocycles. The average molecular weight is 1310 g/mol. The predicted octanol–water partition coefficient (Wildman–Crippen LogP) is 0.127. The number of carbonyl (C=O) groups is 4. The molecule has 8 fully saturated rings. The van der Waals surface area contributed by atoms with Crippen LogP contribution >= 0.6 is 0 Å². The molecule has 9 aliphatic rings. The Balaban J connectivity index is 0.970. The Morgan fingerprint density at radius 2 is 1.24 bits per heavy atom. The third kappa shape index (κ3) is 12.3. The summed E-state index contributed by atoms with van der Waals surface area (Å²) in [6, 6.07) is 9.17. The predicted molar refractivity (Wildman–Crippen MR) is 314 cm³/mol. The van der Waals surface area contributed by atoms with E-state index in [4.69, 9.17) is 52.1 Å². The number of fused-ring (bicyclic) bond motifs is 7. The molecule has 1 aromatic rings. The number of rotatable bonds is 16. The summed E-state index contributed by atoms with van der Waals surface area (Å²) in [7, 11) is 0. The van der Waals surface area contributed by atoms with E-state index in [0.29, 0.717) is 38.5 Å². The molecule has 10 rings (SSSR count). The first kappa shape index (κ1) is 70.6. The molecule has 12 N–H and O–H groups in total. The first-order valence-electron chi connectivity index (χ1n) is 31.9. The number of aliphatic hydroxyl groups excluding tert-OH is 11. The Kier molecular flexibility index (Phi) is 20.5. The minimum absolute atomic E-state index is 0.0567. The Hall–Kier alpha value is -4.18. The first-order valence-corrected chi connectivity index (χ1v) is 31.9. The second-order valence-electron chi connectivity index (χ2n) is 29.0. The normalized spacial score (nSPS) is 47.3. The van der Waals surface area contributed by atoms with E-state index < -0.39 is 224 Å². The topological polar surface area (TPSA) is 413 Å². The number of carboxylic acids is 1. The zero-order valence-electron chi connectivity index (χ0n) is 53.3. The quantitative estimate of drug-likeness (QED) is 0.0344. The van der Waals surface area contributed by atoms with Gasteiger partial charge in [-0.25, -0.2) is 9.59 Å². The van der Waals surface area contributed by atoms with E-state index in [0.717, 1.165) is 11.1 Å². The van der Waals surface area contributed by atoms with Gasteiger partial charge < -0.3 is 113 Å². The van der Waals surface area contributed by atoms with E-state index in [-0.39, 0.29) is 18.3 Å². The Labute approximate surface area is 533 Å². The van der Waals surface area contributed by atoms with Gasteiger partial charge in [0.25, 0.3) is 0 Å². The lowest BCUT2D eigenvalue weighted by molar-refractivity contribution is -0.399. The number of carboxylic acid groups (broad SMARTS) is 1. The van der Waals surface area contributed by atoms with E-state index in [2.05, 4.69) is 26.8 Å². The molecule has 4 saturated heterocycles. The highest BCUT2D eigenvalue weighted by molar-refractivity contribution is 5.87. The van der Waals surface area contributed by atoms with Gasteiger partial charge in [0.2, 0.25) is 0 Å². The molecule has 0 bridgehead atoms. The molecule has 4 heterocycles. The van der Waals surface area contributed by atoms with Crippen LogP contribution in [0.3, 0.4) is 0 Å². The standard InChI is InChI=1S/C65H94O27/c1-29(68)84-40-24-64(9)32(33-23-60(3,4)53(54(85-30(2)69)65(33,40)28-67)88-41(72)18-15-31-13-11-10-12-14-31)16-17-38-62(7)21-20-39(61(5,6)37(62)19-22-63(38,64)8)87-59-52(92-57-47(78)45(76)44(75)36(25-66)86-57)49(48(79)50(90-59)55(80)81)89-58-51(43(74)35(71)27-83-58)91-56-46(77)42(73)34(70)26-82-56/h10-16,18,33-40,42-54,56-59,66-67,70-71,73-79H,17,19-28H2,1-9H3,(H,80,81)/b18-15+/t33-,34+,35-,36+,37-,38+,39-,40+,42-,43-,44-,45-,46+,47+,48-,49-,50-,51+,52+,53-,54-,56-,57-,58-,59-,62-,63+,64+,65-/m0/s1. The van der Waals surface area contributed by atoms with Crippen molar-refractivity contribution in [2.45, 2.75) is 242 Å². The van der Waals surface area contributed by atoms with Crippen LogP contribution in [0.4, 0.5) is 0 Å². The van der Waals surface area contributed by atoms with Crippen molar-refractivity contribution >= 4 is 30.0 Å². The van der Waals surface area contributed by atoms with Gasteiger partial charge in [0.1, 0.15) is 91.6 Å². The van der Waals surface area contributed by atoms with E-state index in [9.17, 15) is 80.5 Å². The summed E-state index contributed by atoms with van der Waals surface area (Å²) in [5, 5.41) is 132. The van der Waals surface area contributed by atoms with Crippen molar-refractivity contribution in [3.63, 3.8) is 0 Å². The van der Waals surface area contributed by atoms with Gasteiger partial charge >= 0.3 is 23.9 Å². The van der Waals surface area contributed by atoms with Crippen molar-refractivity contribution < 1.29 is 133 Å². The fourth-order valence-corrected chi connectivity index (χ4v) is 18.0. The third-order valence-corrected chi connectivity index (χ3v) is 23.0. The summed E-state index contributed by atoms with van der Waals surface area (Å²) in [5.74, 6) is -4.44. The van der Waals surface area contributed by atoms with Gasteiger partial charge in [-0.05, 0) is 96.0 Å². The number of ether oxygens (including phenoxy) is 11. The fourth-order valence-electron chi connectivity index (χ4n) is 18.0. The van der Waals surface area contributed by atoms with Crippen LogP contribution < -0.4 is 0 Å². The molecule has 92 heavy (non-hydrogen) atoms. The minimum Gasteiger partial charge on any atom is -0.479 e. The molecule has 0 aromatic heterocycles. The van der Waals surface area contributed by atoms with Crippen molar-refractivity contribution in [1.82, 2.24) is 0 Å². The van der Waals surface area contributed by atoms with Crippen molar-refractivity contribution in [3.05, 3.63) is 53.6 Å². The maximum atomic E-state index is 13.8. The van der Waals surface area contributed by atoms with Crippen LogP contribution in [0.15, 0.2) is 48.1 Å². The fraction of sp³-hybridized carbons (Fsp3) is 0.785. The summed E-state index contributed by atoms with van der Waals surface area (Å²) in [6.07, 6.45) is -29.7. The van der Waals surface area contributed by atoms with Gasteiger partial charge in [0, 0.05) is 25.3 Å². The van der Waals surface area contributed by atoms with Gasteiger partial charge in [-0.1, -0.05) is 90.4 Å². The van der Waals surface area contributed by atoms with Crippen molar-refractivity contribution in [1.29, 1.82) is 0 Å².